The number of carbonyl (C=O) groups is 1. The van der Waals surface area contributed by atoms with Crippen molar-refractivity contribution in [3.8, 4) is 5.75 Å². The number of hydrogen-bond donors (Lipinski definition) is 1. The summed E-state index contributed by atoms with van der Waals surface area (Å²) in [6.45, 7) is 3.50. The van der Waals surface area contributed by atoms with Gasteiger partial charge >= 0.3 is 6.09 Å². The highest BCUT2D eigenvalue weighted by atomic mass is 79.9. The average molecular weight is 381 g/mol. The molecule has 0 saturated carbocycles. The van der Waals surface area contributed by atoms with Gasteiger partial charge in [0.2, 0.25) is 0 Å². The van der Waals surface area contributed by atoms with Crippen LogP contribution in [0.3, 0.4) is 0 Å². The lowest BCUT2D eigenvalue weighted by Gasteiger charge is -2.48. The first-order chi connectivity index (χ1) is 11.1. The Balaban J connectivity index is 1.61. The molecule has 4 aliphatic heterocycles. The van der Waals surface area contributed by atoms with Gasteiger partial charge in [-0.2, -0.15) is 0 Å². The molecule has 0 spiro atoms. The van der Waals surface area contributed by atoms with E-state index in [0.717, 1.165) is 28.2 Å². The number of benzene rings is 1. The van der Waals surface area contributed by atoms with Gasteiger partial charge in [-0.3, -0.25) is 0 Å². The number of piperidine rings is 3. The lowest BCUT2D eigenvalue weighted by atomic mass is 9.74. The molecule has 3 atom stereocenters. The van der Waals surface area contributed by atoms with E-state index in [-0.39, 0.29) is 12.2 Å². The summed E-state index contributed by atoms with van der Waals surface area (Å²) < 4.78 is 12.7. The van der Waals surface area contributed by atoms with Crippen LogP contribution in [0.4, 0.5) is 4.79 Å². The minimum absolute atomic E-state index is 0.0844. The smallest absolute Gasteiger partial charge is 0.405 e. The lowest BCUT2D eigenvalue weighted by molar-refractivity contribution is -0.0448. The Morgan fingerprint density at radius 2 is 2.13 bits per heavy atom. The number of rotatable bonds is 2. The van der Waals surface area contributed by atoms with Crippen LogP contribution in [0.2, 0.25) is 0 Å². The van der Waals surface area contributed by atoms with Gasteiger partial charge in [-0.15, -0.1) is 0 Å². The molecule has 4 heterocycles. The van der Waals surface area contributed by atoms with Crippen LogP contribution in [0.15, 0.2) is 22.7 Å². The summed E-state index contributed by atoms with van der Waals surface area (Å²) in [6.07, 6.45) is 2.21. The second-order valence-corrected chi connectivity index (χ2v) is 7.72. The zero-order chi connectivity index (χ0) is 16.0. The Hall–Kier alpha value is -1.27. The molecule has 5 rings (SSSR count). The molecule has 124 valence electrons. The van der Waals surface area contributed by atoms with Crippen molar-refractivity contribution in [3.63, 3.8) is 0 Å². The fourth-order valence-corrected chi connectivity index (χ4v) is 4.75. The van der Waals surface area contributed by atoms with Crippen LogP contribution in [0.25, 0.3) is 0 Å². The van der Waals surface area contributed by atoms with Crippen molar-refractivity contribution < 1.29 is 14.3 Å². The molecule has 5 nitrogen and oxygen atoms in total. The first-order valence-electron chi connectivity index (χ1n) is 8.24. The summed E-state index contributed by atoms with van der Waals surface area (Å²) >= 11 is 3.47. The number of nitrogens with two attached hydrogens (primary N) is 1. The van der Waals surface area contributed by atoms with E-state index in [1.807, 2.05) is 18.2 Å². The molecule has 2 unspecified atom stereocenters. The molecule has 1 amide bonds. The first kappa shape index (κ1) is 15.3. The summed E-state index contributed by atoms with van der Waals surface area (Å²) in [6, 6.07) is 5.86. The predicted octanol–water partition coefficient (Wildman–Crippen LogP) is 3.08. The van der Waals surface area contributed by atoms with Crippen LogP contribution in [0, 0.1) is 11.8 Å². The van der Waals surface area contributed by atoms with Crippen LogP contribution < -0.4 is 10.5 Å². The third-order valence-corrected chi connectivity index (χ3v) is 5.98. The third kappa shape index (κ3) is 2.94. The predicted molar refractivity (Wildman–Crippen MR) is 89.2 cm³/mol. The highest BCUT2D eigenvalue weighted by molar-refractivity contribution is 9.10. The Bertz CT molecular complexity index is 616. The fourth-order valence-electron chi connectivity index (χ4n) is 4.37. The number of nitrogens with zero attached hydrogens (tertiary/aromatic N) is 1. The SMILES string of the molecule is NC(=O)OC1C[C@@H](C2CN3CCC2CC3)Oc2ccc(Br)cc21. The maximum atomic E-state index is 11.3. The Kier molecular flexibility index (Phi) is 3.97. The minimum atomic E-state index is -0.726. The number of halogens is 1. The largest absolute Gasteiger partial charge is 0.489 e. The second kappa shape index (κ2) is 5.98. The number of ether oxygens (including phenoxy) is 2. The molecule has 3 saturated heterocycles. The zero-order valence-corrected chi connectivity index (χ0v) is 14.5. The van der Waals surface area contributed by atoms with Gasteiger partial charge in [0, 0.05) is 28.9 Å². The molecule has 23 heavy (non-hydrogen) atoms. The molecule has 2 N–H and O–H groups in total. The lowest BCUT2D eigenvalue weighted by Crippen LogP contribution is -2.53. The Morgan fingerprint density at radius 1 is 1.35 bits per heavy atom. The molecular formula is C17H21BrN2O3. The molecule has 6 heteroatoms. The summed E-state index contributed by atoms with van der Waals surface area (Å²) in [5, 5.41) is 0. The van der Waals surface area contributed by atoms with Crippen LogP contribution in [-0.2, 0) is 4.74 Å². The summed E-state index contributed by atoms with van der Waals surface area (Å²) in [7, 11) is 0. The van der Waals surface area contributed by atoms with E-state index < -0.39 is 6.09 Å². The standard InChI is InChI=1S/C17H21BrN2O3/c18-11-1-2-14-12(7-11)15(23-17(19)21)8-16(22-14)13-9-20-5-3-10(13)4-6-20/h1-2,7,10,13,15-16H,3-6,8-9H2,(H2,19,21)/t13?,15?,16-/m0/s1. The van der Waals surface area contributed by atoms with Gasteiger partial charge < -0.3 is 20.1 Å². The fraction of sp³-hybridized carbons (Fsp3) is 0.588. The van der Waals surface area contributed by atoms with E-state index in [9.17, 15) is 4.79 Å². The van der Waals surface area contributed by atoms with Crippen molar-refractivity contribution >= 4 is 22.0 Å². The zero-order valence-electron chi connectivity index (χ0n) is 12.9. The molecule has 1 aromatic carbocycles. The van der Waals surface area contributed by atoms with E-state index in [1.54, 1.807) is 0 Å². The molecule has 0 aliphatic carbocycles. The van der Waals surface area contributed by atoms with Gasteiger partial charge in [-0.1, -0.05) is 15.9 Å². The Morgan fingerprint density at radius 3 is 2.78 bits per heavy atom. The first-order valence-corrected chi connectivity index (χ1v) is 9.04. The van der Waals surface area contributed by atoms with E-state index >= 15 is 0 Å². The minimum Gasteiger partial charge on any atom is -0.489 e. The van der Waals surface area contributed by atoms with Crippen molar-refractivity contribution in [3.05, 3.63) is 28.2 Å². The number of primary amides is 1. The van der Waals surface area contributed by atoms with Crippen molar-refractivity contribution in [2.45, 2.75) is 31.5 Å². The number of carbonyl (C=O) groups excluding carboxylic acids is 1. The average Bonchev–Trinajstić information content (AvgIpc) is 2.55. The molecule has 2 bridgehead atoms. The Labute approximate surface area is 144 Å². The van der Waals surface area contributed by atoms with Gasteiger partial charge in [-0.25, -0.2) is 4.79 Å². The maximum Gasteiger partial charge on any atom is 0.405 e. The normalized spacial score (nSPS) is 35.3. The summed E-state index contributed by atoms with van der Waals surface area (Å²) in [4.78, 5) is 13.8. The van der Waals surface area contributed by atoms with Crippen LogP contribution in [-0.4, -0.2) is 36.7 Å². The van der Waals surface area contributed by atoms with Crippen molar-refractivity contribution in [2.75, 3.05) is 19.6 Å². The van der Waals surface area contributed by atoms with Crippen LogP contribution >= 0.6 is 15.9 Å². The van der Waals surface area contributed by atoms with Gasteiger partial charge in [0.15, 0.2) is 0 Å². The highest BCUT2D eigenvalue weighted by Crippen LogP contribution is 2.44. The van der Waals surface area contributed by atoms with Gasteiger partial charge in [0.25, 0.3) is 0 Å². The molecule has 4 aliphatic rings. The van der Waals surface area contributed by atoms with E-state index in [2.05, 4.69) is 20.8 Å². The molecule has 0 radical (unpaired) electrons. The monoisotopic (exact) mass is 380 g/mol. The van der Waals surface area contributed by atoms with Crippen LogP contribution in [0.1, 0.15) is 30.9 Å². The van der Waals surface area contributed by atoms with E-state index in [4.69, 9.17) is 15.2 Å². The molecular weight excluding hydrogens is 360 g/mol. The topological polar surface area (TPSA) is 64.8 Å². The second-order valence-electron chi connectivity index (χ2n) is 6.80. The van der Waals surface area contributed by atoms with Crippen molar-refractivity contribution in [2.24, 2.45) is 17.6 Å². The summed E-state index contributed by atoms with van der Waals surface area (Å²) in [5.41, 5.74) is 6.18. The van der Waals surface area contributed by atoms with Gasteiger partial charge in [-0.05, 0) is 50.0 Å². The number of fused-ring (bicyclic) bond motifs is 4. The number of amides is 1. The van der Waals surface area contributed by atoms with Crippen molar-refractivity contribution in [1.82, 2.24) is 4.90 Å². The quantitative estimate of drug-likeness (QED) is 0.855. The number of hydrogen-bond acceptors (Lipinski definition) is 4. The molecule has 0 aromatic heterocycles. The highest BCUT2D eigenvalue weighted by Gasteiger charge is 2.43. The van der Waals surface area contributed by atoms with Gasteiger partial charge in [0.05, 0.1) is 0 Å². The van der Waals surface area contributed by atoms with E-state index in [0.29, 0.717) is 12.3 Å². The maximum absolute atomic E-state index is 11.3. The summed E-state index contributed by atoms with van der Waals surface area (Å²) in [5.74, 6) is 2.04. The van der Waals surface area contributed by atoms with Gasteiger partial charge in [0.1, 0.15) is 18.0 Å². The third-order valence-electron chi connectivity index (χ3n) is 5.49. The van der Waals surface area contributed by atoms with Crippen LogP contribution in [0.5, 0.6) is 5.75 Å². The van der Waals surface area contributed by atoms with Crippen molar-refractivity contribution in [1.29, 1.82) is 0 Å². The molecule has 1 aromatic rings. The molecule has 3 fully saturated rings. The van der Waals surface area contributed by atoms with E-state index in [1.165, 1.54) is 25.9 Å².